The van der Waals surface area contributed by atoms with Gasteiger partial charge in [0.2, 0.25) is 17.6 Å². The Morgan fingerprint density at radius 1 is 1.21 bits per heavy atom. The Morgan fingerprint density at radius 2 is 1.93 bits per heavy atom. The van der Waals surface area contributed by atoms with Crippen LogP contribution in [0.5, 0.6) is 0 Å². The highest BCUT2D eigenvalue weighted by Crippen LogP contribution is 2.13. The molecule has 0 aliphatic rings. The molecule has 0 atom stereocenters. The summed E-state index contributed by atoms with van der Waals surface area (Å²) in [5.74, 6) is -0.654. The van der Waals surface area contributed by atoms with Crippen molar-refractivity contribution in [3.63, 3.8) is 0 Å². The van der Waals surface area contributed by atoms with Gasteiger partial charge >= 0.3 is 0 Å². The van der Waals surface area contributed by atoms with Crippen LogP contribution in [0.3, 0.4) is 0 Å². The molecule has 0 aliphatic carbocycles. The lowest BCUT2D eigenvalue weighted by Crippen LogP contribution is -1.97. The fourth-order valence-corrected chi connectivity index (χ4v) is 0.854. The molecule has 0 amide bonds. The molecular formula is C7H2ClFN5. The van der Waals surface area contributed by atoms with E-state index in [1.807, 2.05) is 0 Å². The Balaban J connectivity index is 2.48. The van der Waals surface area contributed by atoms with Gasteiger partial charge in [-0.15, -0.1) is 0 Å². The summed E-state index contributed by atoms with van der Waals surface area (Å²) >= 11 is 5.36. The number of hydrogen-bond acceptors (Lipinski definition) is 5. The van der Waals surface area contributed by atoms with Crippen molar-refractivity contribution in [1.82, 2.24) is 24.9 Å². The summed E-state index contributed by atoms with van der Waals surface area (Å²) < 4.78 is 12.9. The van der Waals surface area contributed by atoms with Crippen LogP contribution in [0.4, 0.5) is 4.39 Å². The van der Waals surface area contributed by atoms with E-state index in [4.69, 9.17) is 11.6 Å². The summed E-state index contributed by atoms with van der Waals surface area (Å²) in [4.78, 5) is 18.2. The van der Waals surface area contributed by atoms with Gasteiger partial charge in [-0.25, -0.2) is 19.9 Å². The van der Waals surface area contributed by atoms with Crippen LogP contribution in [0, 0.1) is 12.1 Å². The van der Waals surface area contributed by atoms with Crippen molar-refractivity contribution < 1.29 is 4.39 Å². The Bertz CT molecular complexity index is 449. The van der Waals surface area contributed by atoms with Crippen molar-refractivity contribution in [3.05, 3.63) is 29.8 Å². The molecule has 14 heavy (non-hydrogen) atoms. The van der Waals surface area contributed by atoms with Crippen LogP contribution < -0.4 is 0 Å². The summed E-state index contributed by atoms with van der Waals surface area (Å²) in [6.45, 7) is 0. The molecule has 0 spiro atoms. The standard InChI is InChI=1S/C7H2ClFN5/c8-4-1-11-7(14-5(4)9)6-12-2-10-3-13-6/h2-3H. The Kier molecular flexibility index (Phi) is 2.28. The maximum atomic E-state index is 12.9. The molecular weight excluding hydrogens is 209 g/mol. The molecule has 0 aliphatic heterocycles. The van der Waals surface area contributed by atoms with Crippen LogP contribution in [-0.4, -0.2) is 24.9 Å². The van der Waals surface area contributed by atoms with E-state index in [1.54, 1.807) is 0 Å². The summed E-state index contributed by atoms with van der Waals surface area (Å²) in [6, 6.07) is 0. The summed E-state index contributed by atoms with van der Waals surface area (Å²) in [5.41, 5.74) is 0. The number of hydrogen-bond donors (Lipinski definition) is 0. The highest BCUT2D eigenvalue weighted by molar-refractivity contribution is 6.30. The fraction of sp³-hybridized carbons (Fsp3) is 0. The number of aromatic nitrogens is 5. The minimum atomic E-state index is -0.850. The van der Waals surface area contributed by atoms with Crippen LogP contribution in [0.25, 0.3) is 11.6 Å². The molecule has 0 bridgehead atoms. The molecule has 0 fully saturated rings. The van der Waals surface area contributed by atoms with Crippen LogP contribution in [0.2, 0.25) is 5.02 Å². The first-order chi connectivity index (χ1) is 6.77. The average molecular weight is 211 g/mol. The quantitative estimate of drug-likeness (QED) is 0.655. The minimum Gasteiger partial charge on any atom is -0.225 e. The van der Waals surface area contributed by atoms with Crippen molar-refractivity contribution in [2.24, 2.45) is 0 Å². The van der Waals surface area contributed by atoms with E-state index in [9.17, 15) is 4.39 Å². The van der Waals surface area contributed by atoms with Crippen molar-refractivity contribution in [1.29, 1.82) is 0 Å². The average Bonchev–Trinajstić information content (AvgIpc) is 2.23. The molecule has 7 heteroatoms. The second-order valence-electron chi connectivity index (χ2n) is 2.23. The maximum absolute atomic E-state index is 12.9. The third-order valence-electron chi connectivity index (χ3n) is 1.34. The Labute approximate surface area is 83.1 Å². The molecule has 0 N–H and O–H groups in total. The van der Waals surface area contributed by atoms with Gasteiger partial charge in [0, 0.05) is 0 Å². The monoisotopic (exact) mass is 210 g/mol. The van der Waals surface area contributed by atoms with Crippen molar-refractivity contribution >= 4 is 11.6 Å². The van der Waals surface area contributed by atoms with E-state index < -0.39 is 5.95 Å². The van der Waals surface area contributed by atoms with E-state index in [1.165, 1.54) is 12.7 Å². The lowest BCUT2D eigenvalue weighted by Gasteiger charge is -1.96. The second-order valence-corrected chi connectivity index (χ2v) is 2.60. The Hall–Kier alpha value is -1.69. The van der Waals surface area contributed by atoms with Crippen LogP contribution >= 0.6 is 11.6 Å². The van der Waals surface area contributed by atoms with E-state index in [0.29, 0.717) is 0 Å². The van der Waals surface area contributed by atoms with Crippen LogP contribution in [0.15, 0.2) is 12.7 Å². The van der Waals surface area contributed by atoms with Gasteiger partial charge < -0.3 is 0 Å². The normalized spacial score (nSPS) is 10.1. The van der Waals surface area contributed by atoms with Gasteiger partial charge in [-0.1, -0.05) is 11.6 Å². The predicted octanol–water partition coefficient (Wildman–Crippen LogP) is 0.921. The van der Waals surface area contributed by atoms with E-state index >= 15 is 0 Å². The largest absolute Gasteiger partial charge is 0.236 e. The van der Waals surface area contributed by atoms with Gasteiger partial charge in [-0.3, -0.25) is 0 Å². The molecule has 0 aromatic carbocycles. The molecule has 0 unspecified atom stereocenters. The lowest BCUT2D eigenvalue weighted by atomic mass is 10.5. The third-order valence-corrected chi connectivity index (χ3v) is 1.58. The number of rotatable bonds is 1. The second kappa shape index (κ2) is 3.59. The van der Waals surface area contributed by atoms with Crippen LogP contribution in [-0.2, 0) is 0 Å². The first-order valence-electron chi connectivity index (χ1n) is 3.50. The lowest BCUT2D eigenvalue weighted by molar-refractivity contribution is 0.580. The zero-order valence-electron chi connectivity index (χ0n) is 6.65. The van der Waals surface area contributed by atoms with Gasteiger partial charge in [0.05, 0.1) is 0 Å². The molecule has 2 aromatic rings. The molecule has 1 radical (unpaired) electrons. The molecule has 69 valence electrons. The van der Waals surface area contributed by atoms with Gasteiger partial charge in [0.1, 0.15) is 23.9 Å². The Morgan fingerprint density at radius 3 is 2.57 bits per heavy atom. The zero-order valence-corrected chi connectivity index (χ0v) is 7.40. The van der Waals surface area contributed by atoms with Gasteiger partial charge in [0.15, 0.2) is 0 Å². The van der Waals surface area contributed by atoms with E-state index in [2.05, 4.69) is 31.1 Å². The van der Waals surface area contributed by atoms with Gasteiger partial charge in [-0.2, -0.15) is 9.37 Å². The zero-order chi connectivity index (χ0) is 9.97. The van der Waals surface area contributed by atoms with Crippen molar-refractivity contribution in [3.8, 4) is 11.6 Å². The maximum Gasteiger partial charge on any atom is 0.236 e. The molecule has 5 nitrogen and oxygen atoms in total. The highest BCUT2D eigenvalue weighted by Gasteiger charge is 2.08. The summed E-state index contributed by atoms with van der Waals surface area (Å²) in [5, 5.41) is -0.261. The van der Waals surface area contributed by atoms with Crippen molar-refractivity contribution in [2.75, 3.05) is 0 Å². The minimum absolute atomic E-state index is 0.0225. The SMILES string of the molecule is Fc1nc(-c2ncncn2)n[c]c1Cl. The van der Waals surface area contributed by atoms with E-state index in [0.717, 1.165) is 0 Å². The van der Waals surface area contributed by atoms with Gasteiger partial charge in [-0.05, 0) is 0 Å². The first-order valence-corrected chi connectivity index (χ1v) is 3.88. The van der Waals surface area contributed by atoms with Crippen molar-refractivity contribution in [2.45, 2.75) is 0 Å². The van der Waals surface area contributed by atoms with Crippen LogP contribution in [0.1, 0.15) is 0 Å². The highest BCUT2D eigenvalue weighted by atomic mass is 35.5. The smallest absolute Gasteiger partial charge is 0.225 e. The topological polar surface area (TPSA) is 64.5 Å². The predicted molar refractivity (Wildman–Crippen MR) is 44.7 cm³/mol. The summed E-state index contributed by atoms with van der Waals surface area (Å²) in [6.07, 6.45) is 4.77. The third kappa shape index (κ3) is 1.64. The molecule has 0 saturated heterocycles. The fourth-order valence-electron chi connectivity index (χ4n) is 0.770. The molecule has 2 rings (SSSR count). The summed E-state index contributed by atoms with van der Waals surface area (Å²) in [7, 11) is 0. The molecule has 2 heterocycles. The van der Waals surface area contributed by atoms with Gasteiger partial charge in [0.25, 0.3) is 0 Å². The first kappa shape index (κ1) is 8.89. The molecule has 2 aromatic heterocycles. The number of nitrogens with zero attached hydrogens (tertiary/aromatic N) is 5. The molecule has 0 saturated carbocycles. The number of halogens is 2. The van der Waals surface area contributed by atoms with E-state index in [-0.39, 0.29) is 16.7 Å².